The van der Waals surface area contributed by atoms with Gasteiger partial charge in [0.05, 0.1) is 6.04 Å². The van der Waals surface area contributed by atoms with Crippen LogP contribution in [0.15, 0.2) is 47.8 Å². The van der Waals surface area contributed by atoms with Crippen LogP contribution in [0.2, 0.25) is 0 Å². The van der Waals surface area contributed by atoms with E-state index in [0.29, 0.717) is 0 Å². The van der Waals surface area contributed by atoms with Gasteiger partial charge >= 0.3 is 0 Å². The number of rotatable bonds is 2. The van der Waals surface area contributed by atoms with Crippen molar-refractivity contribution < 1.29 is 0 Å². The number of fused-ring (bicyclic) bond motifs is 1. The molecule has 0 aliphatic heterocycles. The third-order valence-electron chi connectivity index (χ3n) is 3.60. The summed E-state index contributed by atoms with van der Waals surface area (Å²) >= 11 is 1.77. The first-order chi connectivity index (χ1) is 9.16. The van der Waals surface area contributed by atoms with Crippen LogP contribution >= 0.6 is 11.3 Å². The molecular weight excluding hydrogens is 250 g/mol. The molecule has 0 amide bonds. The molecule has 0 spiro atoms. The van der Waals surface area contributed by atoms with E-state index in [2.05, 4.69) is 61.7 Å². The van der Waals surface area contributed by atoms with E-state index < -0.39 is 0 Å². The topological polar surface area (TPSA) is 26.0 Å². The third kappa shape index (κ3) is 2.18. The standard InChI is InChI=1S/C17H17NS/c1-11-6-7-14(12(2)10-11)16(18)15-5-3-4-13-8-9-19-17(13)15/h3-10,16H,18H2,1-2H3. The second-order valence-corrected chi connectivity index (χ2v) is 5.94. The van der Waals surface area contributed by atoms with Gasteiger partial charge < -0.3 is 5.73 Å². The van der Waals surface area contributed by atoms with Crippen molar-refractivity contribution in [3.8, 4) is 0 Å². The molecule has 0 aliphatic carbocycles. The Morgan fingerprint density at radius 1 is 1.00 bits per heavy atom. The van der Waals surface area contributed by atoms with Crippen molar-refractivity contribution in [3.63, 3.8) is 0 Å². The van der Waals surface area contributed by atoms with Crippen LogP contribution in [0.4, 0.5) is 0 Å². The van der Waals surface area contributed by atoms with E-state index in [-0.39, 0.29) is 6.04 Å². The minimum Gasteiger partial charge on any atom is -0.320 e. The van der Waals surface area contributed by atoms with Gasteiger partial charge in [0, 0.05) is 4.70 Å². The highest BCUT2D eigenvalue weighted by Gasteiger charge is 2.14. The molecule has 0 bridgehead atoms. The molecule has 2 N–H and O–H groups in total. The summed E-state index contributed by atoms with van der Waals surface area (Å²) in [5.41, 5.74) is 11.5. The minimum atomic E-state index is -0.0528. The molecule has 96 valence electrons. The SMILES string of the molecule is Cc1ccc(C(N)c2cccc3ccsc23)c(C)c1. The van der Waals surface area contributed by atoms with E-state index in [0.717, 1.165) is 0 Å². The van der Waals surface area contributed by atoms with Crippen LogP contribution in [0, 0.1) is 13.8 Å². The van der Waals surface area contributed by atoms with Gasteiger partial charge in [-0.25, -0.2) is 0 Å². The van der Waals surface area contributed by atoms with Gasteiger partial charge in [-0.05, 0) is 47.4 Å². The third-order valence-corrected chi connectivity index (χ3v) is 4.58. The summed E-state index contributed by atoms with van der Waals surface area (Å²) in [5.74, 6) is 0. The van der Waals surface area contributed by atoms with Gasteiger partial charge in [0.2, 0.25) is 0 Å². The molecule has 1 aromatic heterocycles. The van der Waals surface area contributed by atoms with Crippen LogP contribution in [0.3, 0.4) is 0 Å². The fourth-order valence-corrected chi connectivity index (χ4v) is 3.56. The summed E-state index contributed by atoms with van der Waals surface area (Å²) in [4.78, 5) is 0. The van der Waals surface area contributed by atoms with Crippen LogP contribution < -0.4 is 5.73 Å². The zero-order chi connectivity index (χ0) is 13.4. The van der Waals surface area contributed by atoms with Crippen LogP contribution in [0.25, 0.3) is 10.1 Å². The van der Waals surface area contributed by atoms with Crippen molar-refractivity contribution in [2.45, 2.75) is 19.9 Å². The average Bonchev–Trinajstić information content (AvgIpc) is 2.86. The summed E-state index contributed by atoms with van der Waals surface area (Å²) in [5, 5.41) is 3.41. The van der Waals surface area contributed by atoms with Gasteiger partial charge in [-0.1, -0.05) is 42.0 Å². The maximum atomic E-state index is 6.50. The van der Waals surface area contributed by atoms with E-state index in [9.17, 15) is 0 Å². The molecular formula is C17H17NS. The Hall–Kier alpha value is -1.64. The van der Waals surface area contributed by atoms with Crippen LogP contribution in [-0.4, -0.2) is 0 Å². The van der Waals surface area contributed by atoms with E-state index in [4.69, 9.17) is 5.73 Å². The fourth-order valence-electron chi connectivity index (χ4n) is 2.60. The molecule has 1 heterocycles. The Labute approximate surface area is 117 Å². The number of benzene rings is 2. The average molecular weight is 267 g/mol. The molecule has 1 unspecified atom stereocenters. The number of nitrogens with two attached hydrogens (primary N) is 1. The quantitative estimate of drug-likeness (QED) is 0.723. The Morgan fingerprint density at radius 3 is 2.63 bits per heavy atom. The number of hydrogen-bond acceptors (Lipinski definition) is 2. The van der Waals surface area contributed by atoms with Gasteiger partial charge in [0.25, 0.3) is 0 Å². The van der Waals surface area contributed by atoms with Crippen molar-refractivity contribution in [1.29, 1.82) is 0 Å². The summed E-state index contributed by atoms with van der Waals surface area (Å²) in [6.07, 6.45) is 0. The number of thiophene rings is 1. The van der Waals surface area contributed by atoms with Crippen molar-refractivity contribution >= 4 is 21.4 Å². The van der Waals surface area contributed by atoms with Crippen LogP contribution in [0.5, 0.6) is 0 Å². The largest absolute Gasteiger partial charge is 0.320 e. The highest BCUT2D eigenvalue weighted by molar-refractivity contribution is 7.17. The van der Waals surface area contributed by atoms with Gasteiger partial charge in [-0.15, -0.1) is 11.3 Å². The van der Waals surface area contributed by atoms with E-state index in [1.807, 2.05) is 0 Å². The molecule has 19 heavy (non-hydrogen) atoms. The predicted octanol–water partition coefficient (Wildman–Crippen LogP) is 4.57. The summed E-state index contributed by atoms with van der Waals surface area (Å²) < 4.78 is 1.30. The lowest BCUT2D eigenvalue weighted by atomic mass is 9.94. The Balaban J connectivity index is 2.13. The second-order valence-electron chi connectivity index (χ2n) is 5.02. The lowest BCUT2D eigenvalue weighted by Crippen LogP contribution is -2.13. The lowest BCUT2D eigenvalue weighted by Gasteiger charge is -2.16. The van der Waals surface area contributed by atoms with Crippen molar-refractivity contribution in [1.82, 2.24) is 0 Å². The molecule has 0 saturated carbocycles. The molecule has 0 fully saturated rings. The summed E-state index contributed by atoms with van der Waals surface area (Å²) in [6.45, 7) is 4.25. The zero-order valence-corrected chi connectivity index (χ0v) is 12.0. The van der Waals surface area contributed by atoms with Gasteiger partial charge in [-0.3, -0.25) is 0 Å². The first-order valence-electron chi connectivity index (χ1n) is 6.45. The Bertz CT molecular complexity index is 727. The maximum Gasteiger partial charge on any atom is 0.0568 e. The first-order valence-corrected chi connectivity index (χ1v) is 7.33. The Morgan fingerprint density at radius 2 is 1.84 bits per heavy atom. The number of hydrogen-bond donors (Lipinski definition) is 1. The summed E-state index contributed by atoms with van der Waals surface area (Å²) in [7, 11) is 0. The fraction of sp³-hybridized carbons (Fsp3) is 0.176. The minimum absolute atomic E-state index is 0.0528. The maximum absolute atomic E-state index is 6.50. The molecule has 0 saturated heterocycles. The monoisotopic (exact) mass is 267 g/mol. The molecule has 2 heteroatoms. The van der Waals surface area contributed by atoms with E-state index in [1.165, 1.54) is 32.3 Å². The van der Waals surface area contributed by atoms with Crippen LogP contribution in [-0.2, 0) is 0 Å². The van der Waals surface area contributed by atoms with Crippen LogP contribution in [0.1, 0.15) is 28.3 Å². The van der Waals surface area contributed by atoms with Crippen molar-refractivity contribution in [2.24, 2.45) is 5.73 Å². The molecule has 1 nitrogen and oxygen atoms in total. The molecule has 0 radical (unpaired) electrons. The van der Waals surface area contributed by atoms with Gasteiger partial charge in [0.15, 0.2) is 0 Å². The van der Waals surface area contributed by atoms with Crippen molar-refractivity contribution in [3.05, 3.63) is 70.1 Å². The first kappa shape index (κ1) is 12.4. The highest BCUT2D eigenvalue weighted by Crippen LogP contribution is 2.32. The van der Waals surface area contributed by atoms with E-state index in [1.54, 1.807) is 11.3 Å². The Kier molecular flexibility index (Phi) is 3.13. The molecule has 3 rings (SSSR count). The lowest BCUT2D eigenvalue weighted by molar-refractivity contribution is 0.871. The second kappa shape index (κ2) is 4.80. The predicted molar refractivity (Wildman–Crippen MR) is 83.8 cm³/mol. The van der Waals surface area contributed by atoms with Crippen molar-refractivity contribution in [2.75, 3.05) is 0 Å². The van der Waals surface area contributed by atoms with Gasteiger partial charge in [-0.2, -0.15) is 0 Å². The summed E-state index contributed by atoms with van der Waals surface area (Å²) in [6, 6.07) is 15.0. The van der Waals surface area contributed by atoms with Gasteiger partial charge in [0.1, 0.15) is 0 Å². The smallest absolute Gasteiger partial charge is 0.0568 e. The molecule has 1 atom stereocenters. The highest BCUT2D eigenvalue weighted by atomic mass is 32.1. The van der Waals surface area contributed by atoms with E-state index >= 15 is 0 Å². The normalized spacial score (nSPS) is 12.8. The molecule has 2 aromatic carbocycles. The zero-order valence-electron chi connectivity index (χ0n) is 11.2. The molecule has 3 aromatic rings. The molecule has 0 aliphatic rings. The number of aryl methyl sites for hydroxylation is 2.